The van der Waals surface area contributed by atoms with Gasteiger partial charge < -0.3 is 28.5 Å². The summed E-state index contributed by atoms with van der Waals surface area (Å²) in [6, 6.07) is -0.885. The van der Waals surface area contributed by atoms with Crippen molar-refractivity contribution in [1.29, 1.82) is 0 Å². The van der Waals surface area contributed by atoms with Crippen molar-refractivity contribution in [1.82, 2.24) is 5.32 Å². The Hall–Kier alpha value is -1.77. The number of hydrogen-bond donors (Lipinski definition) is 1. The first kappa shape index (κ1) is 88.2. The number of rotatable bonds is 74. The van der Waals surface area contributed by atoms with Crippen LogP contribution in [0.4, 0.5) is 0 Å². The van der Waals surface area contributed by atoms with Gasteiger partial charge in [-0.05, 0) is 63.9 Å². The summed E-state index contributed by atoms with van der Waals surface area (Å²) in [4.78, 5) is 40.3. The maximum atomic E-state index is 13.6. The van der Waals surface area contributed by atoms with E-state index in [2.05, 4.69) is 50.4 Å². The molecule has 532 valence electrons. The van der Waals surface area contributed by atoms with E-state index in [-0.39, 0.29) is 31.5 Å². The van der Waals surface area contributed by atoms with Gasteiger partial charge >= 0.3 is 5.97 Å². The minimum Gasteiger partial charge on any atom is -0.756 e. The number of unbranched alkanes of at least 4 members (excludes halogenated alkanes) is 54. The zero-order valence-corrected chi connectivity index (χ0v) is 62.0. The van der Waals surface area contributed by atoms with Crippen molar-refractivity contribution in [2.45, 2.75) is 425 Å². The summed E-state index contributed by atoms with van der Waals surface area (Å²) in [7, 11) is 1.21. The number of hydrogen-bond acceptors (Lipinski definition) is 7. The van der Waals surface area contributed by atoms with Crippen molar-refractivity contribution in [3.8, 4) is 0 Å². The molecule has 0 fully saturated rings. The fourth-order valence-electron chi connectivity index (χ4n) is 12.2. The number of nitrogens with zero attached hydrogens (tertiary/aromatic N) is 1. The van der Waals surface area contributed by atoms with Gasteiger partial charge in [0.05, 0.1) is 33.8 Å². The first-order valence-corrected chi connectivity index (χ1v) is 41.3. The summed E-state index contributed by atoms with van der Waals surface area (Å²) in [5.74, 6) is -0.515. The van der Waals surface area contributed by atoms with E-state index < -0.39 is 20.0 Å². The molecule has 0 rings (SSSR count). The lowest BCUT2D eigenvalue weighted by molar-refractivity contribution is -0.870. The zero-order chi connectivity index (χ0) is 65.6. The summed E-state index contributed by atoms with van der Waals surface area (Å²) in [6.07, 6.45) is 88.7. The predicted octanol–water partition coefficient (Wildman–Crippen LogP) is 25.1. The normalized spacial score (nSPS) is 13.5. The molecule has 0 saturated carbocycles. The van der Waals surface area contributed by atoms with Gasteiger partial charge in [0, 0.05) is 12.8 Å². The van der Waals surface area contributed by atoms with Crippen molar-refractivity contribution >= 4 is 19.7 Å². The number of carbonyl (C=O) groups excluding carboxylic acids is 2. The van der Waals surface area contributed by atoms with Crippen molar-refractivity contribution in [3.63, 3.8) is 0 Å². The van der Waals surface area contributed by atoms with Gasteiger partial charge in [-0.1, -0.05) is 372 Å². The maximum Gasteiger partial charge on any atom is 0.306 e. The number of amides is 1. The van der Waals surface area contributed by atoms with Crippen LogP contribution in [0, 0.1) is 0 Å². The largest absolute Gasteiger partial charge is 0.756 e. The number of quaternary nitrogens is 1. The van der Waals surface area contributed by atoms with Gasteiger partial charge in [-0.2, -0.15) is 0 Å². The van der Waals surface area contributed by atoms with E-state index in [4.69, 9.17) is 13.8 Å². The molecule has 1 amide bonds. The second-order valence-corrected chi connectivity index (χ2v) is 30.0. The summed E-state index contributed by atoms with van der Waals surface area (Å²) in [5, 5.41) is 3.06. The number of carbonyl (C=O) groups is 2. The Balaban J connectivity index is 4.88. The highest BCUT2D eigenvalue weighted by Crippen LogP contribution is 2.38. The topological polar surface area (TPSA) is 114 Å². The lowest BCUT2D eigenvalue weighted by Gasteiger charge is -2.30. The van der Waals surface area contributed by atoms with Crippen LogP contribution in [-0.2, 0) is 27.9 Å². The van der Waals surface area contributed by atoms with Crippen molar-refractivity contribution in [2.75, 3.05) is 40.9 Å². The van der Waals surface area contributed by atoms with Crippen LogP contribution in [0.1, 0.15) is 412 Å². The van der Waals surface area contributed by atoms with Crippen LogP contribution in [0.5, 0.6) is 0 Å². The molecule has 0 spiro atoms. The van der Waals surface area contributed by atoms with E-state index in [0.29, 0.717) is 17.4 Å². The van der Waals surface area contributed by atoms with E-state index in [0.717, 1.165) is 64.2 Å². The molecule has 0 aromatic heterocycles. The average Bonchev–Trinajstić information content (AvgIpc) is 3.12. The Morgan fingerprint density at radius 2 is 0.678 bits per heavy atom. The van der Waals surface area contributed by atoms with Crippen LogP contribution in [-0.4, -0.2) is 69.4 Å². The summed E-state index contributed by atoms with van der Waals surface area (Å²) < 4.78 is 30.6. The zero-order valence-electron chi connectivity index (χ0n) is 61.1. The molecular formula is C80H155N2O7P. The number of esters is 1. The van der Waals surface area contributed by atoms with Crippen LogP contribution in [0.3, 0.4) is 0 Å². The highest BCUT2D eigenvalue weighted by atomic mass is 31.2. The fraction of sp³-hybridized carbons (Fsp3) is 0.900. The summed E-state index contributed by atoms with van der Waals surface area (Å²) >= 11 is 0. The van der Waals surface area contributed by atoms with Gasteiger partial charge in [0.2, 0.25) is 5.91 Å². The third kappa shape index (κ3) is 70.5. The third-order valence-electron chi connectivity index (χ3n) is 18.3. The van der Waals surface area contributed by atoms with E-state index in [9.17, 15) is 19.0 Å². The molecule has 0 aliphatic rings. The fourth-order valence-corrected chi connectivity index (χ4v) is 12.9. The second kappa shape index (κ2) is 70.0. The smallest absolute Gasteiger partial charge is 0.306 e. The van der Waals surface area contributed by atoms with Gasteiger partial charge in [-0.3, -0.25) is 14.2 Å². The van der Waals surface area contributed by atoms with Crippen LogP contribution in [0.25, 0.3) is 0 Å². The monoisotopic (exact) mass is 1290 g/mol. The lowest BCUT2D eigenvalue weighted by atomic mass is 10.0. The summed E-state index contributed by atoms with van der Waals surface area (Å²) in [6.45, 7) is 6.90. The van der Waals surface area contributed by atoms with E-state index in [1.807, 2.05) is 33.3 Å². The van der Waals surface area contributed by atoms with E-state index in [1.54, 1.807) is 0 Å². The van der Waals surface area contributed by atoms with E-state index >= 15 is 0 Å². The lowest BCUT2D eigenvalue weighted by Crippen LogP contribution is -2.47. The molecule has 0 radical (unpaired) electrons. The molecule has 0 saturated heterocycles. The number of likely N-dealkylation sites (N-methyl/N-ethyl adjacent to an activating group) is 1. The first-order chi connectivity index (χ1) is 43.9. The Morgan fingerprint density at radius 1 is 0.389 bits per heavy atom. The molecule has 9 nitrogen and oxygen atoms in total. The molecule has 0 bridgehead atoms. The Morgan fingerprint density at radius 3 is 1.02 bits per heavy atom. The van der Waals surface area contributed by atoms with Gasteiger partial charge in [0.25, 0.3) is 7.82 Å². The maximum absolute atomic E-state index is 13.6. The second-order valence-electron chi connectivity index (χ2n) is 28.6. The van der Waals surface area contributed by atoms with Crippen molar-refractivity contribution in [2.24, 2.45) is 0 Å². The Kier molecular flexibility index (Phi) is 68.7. The standard InChI is InChI=1S/C80H155N2O7P/c1-7-10-13-16-19-22-25-28-30-32-34-36-38-40-41-43-45-47-49-51-53-55-58-61-64-67-70-73-80(84)89-78(71-68-65-62-59-56-27-24-21-18-15-12-9-3)77(76-88-90(85,86)87-75-74-82(4,5)6)81-79(83)72-69-66-63-60-57-54-52-50-48-46-44-42-39-37-35-33-31-29-26-23-20-17-14-11-8-2/h19,22,28,30,68,71,77-78H,7-18,20-21,23-27,29,31-67,69-70,72-76H2,1-6H3,(H-,81,83,85,86)/b22-19-,30-28-,71-68+. The molecule has 0 aliphatic carbocycles. The van der Waals surface area contributed by atoms with Crippen LogP contribution < -0.4 is 10.2 Å². The van der Waals surface area contributed by atoms with Crippen LogP contribution in [0.2, 0.25) is 0 Å². The first-order valence-electron chi connectivity index (χ1n) is 39.8. The molecule has 90 heavy (non-hydrogen) atoms. The Labute approximate surface area is 561 Å². The van der Waals surface area contributed by atoms with Gasteiger partial charge in [-0.15, -0.1) is 0 Å². The molecule has 0 aromatic carbocycles. The number of allylic oxidation sites excluding steroid dienone is 5. The minimum atomic E-state index is -4.70. The minimum absolute atomic E-state index is 0.0183. The molecular weight excluding hydrogens is 1130 g/mol. The SMILES string of the molecule is CCCCC/C=C\C/C=C\CCCCCCCCCCCCCCCCCCCC(=O)OC(/C=C/CCCCCCCCCCCC)C(COP(=O)([O-])OCC[N+](C)(C)C)NC(=O)CCCCCCCCCCCCCCCCCCCCCCCCCCC. The van der Waals surface area contributed by atoms with Crippen molar-refractivity contribution < 1.29 is 37.3 Å². The molecule has 0 heterocycles. The van der Waals surface area contributed by atoms with Gasteiger partial charge in [0.15, 0.2) is 0 Å². The predicted molar refractivity (Wildman–Crippen MR) is 390 cm³/mol. The average molecular weight is 1290 g/mol. The molecule has 0 aromatic rings. The molecule has 0 aliphatic heterocycles. The van der Waals surface area contributed by atoms with Crippen LogP contribution >= 0.6 is 7.82 Å². The third-order valence-corrected chi connectivity index (χ3v) is 19.3. The Bertz CT molecular complexity index is 1630. The highest BCUT2D eigenvalue weighted by molar-refractivity contribution is 7.45. The van der Waals surface area contributed by atoms with Gasteiger partial charge in [-0.25, -0.2) is 0 Å². The van der Waals surface area contributed by atoms with Gasteiger partial charge in [0.1, 0.15) is 19.3 Å². The number of phosphoric acid groups is 1. The quantitative estimate of drug-likeness (QED) is 0.0212. The molecule has 3 unspecified atom stereocenters. The van der Waals surface area contributed by atoms with E-state index in [1.165, 1.54) is 315 Å². The van der Waals surface area contributed by atoms with Crippen molar-refractivity contribution in [3.05, 3.63) is 36.5 Å². The molecule has 1 N–H and O–H groups in total. The molecule has 3 atom stereocenters. The van der Waals surface area contributed by atoms with Crippen LogP contribution in [0.15, 0.2) is 36.5 Å². The summed E-state index contributed by atoms with van der Waals surface area (Å²) in [5.41, 5.74) is 0. The number of phosphoric ester groups is 1. The molecule has 10 heteroatoms. The number of nitrogens with one attached hydrogen (secondary N) is 1. The number of ether oxygens (including phenoxy) is 1. The highest BCUT2D eigenvalue weighted by Gasteiger charge is 2.27.